The summed E-state index contributed by atoms with van der Waals surface area (Å²) in [6, 6.07) is 8.30. The molecule has 3 N–H and O–H groups in total. The molecule has 6 nitrogen and oxygen atoms in total. The van der Waals surface area contributed by atoms with Crippen molar-refractivity contribution in [2.45, 2.75) is 103 Å². The Morgan fingerprint density at radius 2 is 1.68 bits per heavy atom. The van der Waals surface area contributed by atoms with Gasteiger partial charge in [0.25, 0.3) is 0 Å². The second-order valence-corrected chi connectivity index (χ2v) is 14.0. The summed E-state index contributed by atoms with van der Waals surface area (Å²) in [7, 11) is 3.01. The van der Waals surface area contributed by atoms with Crippen LogP contribution >= 0.6 is 0 Å². The Hall–Kier alpha value is -1.28. The first-order valence-corrected chi connectivity index (χ1v) is 14.5. The van der Waals surface area contributed by atoms with Crippen LogP contribution in [0.15, 0.2) is 35.4 Å². The predicted octanol–water partition coefficient (Wildman–Crippen LogP) is 5.82. The third kappa shape index (κ3) is 4.80. The molecule has 0 saturated heterocycles. The first kappa shape index (κ1) is 28.3. The van der Waals surface area contributed by atoms with Gasteiger partial charge in [-0.15, -0.1) is 0 Å². The molecule has 1 aromatic carbocycles. The molecule has 0 amide bonds. The van der Waals surface area contributed by atoms with E-state index in [1.807, 2.05) is 12.1 Å². The van der Waals surface area contributed by atoms with Crippen LogP contribution in [-0.4, -0.2) is 47.7 Å². The third-order valence-electron chi connectivity index (χ3n) is 10.3. The Bertz CT molecular complexity index is 1030. The quantitative estimate of drug-likeness (QED) is 0.319. The van der Waals surface area contributed by atoms with Crippen molar-refractivity contribution in [1.29, 1.82) is 0 Å². The van der Waals surface area contributed by atoms with Crippen molar-refractivity contribution < 1.29 is 29.5 Å². The molecule has 6 heteroatoms. The van der Waals surface area contributed by atoms with Crippen LogP contribution in [0, 0.1) is 28.6 Å². The SMILES string of the molecule is COC1(OC)CC2CCC3C(=C2CC1(O)O)[C@@H](c1ccc(C(O)OCC(C)(C)C)cc1)C[C@]1(C)CCCC31. The van der Waals surface area contributed by atoms with Gasteiger partial charge in [-0.2, -0.15) is 0 Å². The summed E-state index contributed by atoms with van der Waals surface area (Å²) in [6.45, 7) is 9.23. The second kappa shape index (κ2) is 9.97. The van der Waals surface area contributed by atoms with Gasteiger partial charge >= 0.3 is 0 Å². The molecule has 0 heterocycles. The lowest BCUT2D eigenvalue weighted by molar-refractivity contribution is -0.385. The average molecular weight is 529 g/mol. The minimum atomic E-state index is -2.09. The average Bonchev–Trinajstić information content (AvgIpc) is 3.27. The lowest BCUT2D eigenvalue weighted by Crippen LogP contribution is -2.61. The fraction of sp³-hybridized carbons (Fsp3) is 0.750. The van der Waals surface area contributed by atoms with Crippen molar-refractivity contribution in [3.8, 4) is 0 Å². The molecule has 212 valence electrons. The number of aliphatic hydroxyl groups is 3. The lowest BCUT2D eigenvalue weighted by atomic mass is 9.52. The van der Waals surface area contributed by atoms with Crippen LogP contribution in [0.2, 0.25) is 0 Å². The van der Waals surface area contributed by atoms with Gasteiger partial charge < -0.3 is 29.5 Å². The van der Waals surface area contributed by atoms with Gasteiger partial charge in [-0.3, -0.25) is 0 Å². The molecule has 38 heavy (non-hydrogen) atoms. The van der Waals surface area contributed by atoms with E-state index in [1.54, 1.807) is 0 Å². The smallest absolute Gasteiger partial charge is 0.223 e. The fourth-order valence-electron chi connectivity index (χ4n) is 8.41. The Morgan fingerprint density at radius 3 is 2.32 bits per heavy atom. The molecule has 0 aliphatic heterocycles. The summed E-state index contributed by atoms with van der Waals surface area (Å²) in [5.74, 6) is -1.93. The highest BCUT2D eigenvalue weighted by Crippen LogP contribution is 2.65. The normalized spacial score (nSPS) is 34.9. The van der Waals surface area contributed by atoms with E-state index >= 15 is 0 Å². The molecule has 3 fully saturated rings. The zero-order chi connectivity index (χ0) is 27.5. The largest absolute Gasteiger partial charge is 0.364 e. The van der Waals surface area contributed by atoms with Gasteiger partial charge in [-0.25, -0.2) is 0 Å². The summed E-state index contributed by atoms with van der Waals surface area (Å²) in [6.07, 6.45) is 6.68. The van der Waals surface area contributed by atoms with Gasteiger partial charge in [-0.1, -0.05) is 69.5 Å². The van der Waals surface area contributed by atoms with Crippen molar-refractivity contribution in [3.63, 3.8) is 0 Å². The van der Waals surface area contributed by atoms with Crippen LogP contribution in [0.1, 0.15) is 102 Å². The summed E-state index contributed by atoms with van der Waals surface area (Å²) in [5.41, 5.74) is 4.95. The summed E-state index contributed by atoms with van der Waals surface area (Å²) >= 11 is 0. The molecular weight excluding hydrogens is 480 g/mol. The number of ether oxygens (including phenoxy) is 3. The van der Waals surface area contributed by atoms with E-state index in [2.05, 4.69) is 39.8 Å². The molecular formula is C32H48O6. The van der Waals surface area contributed by atoms with Gasteiger partial charge in [0.2, 0.25) is 11.6 Å². The van der Waals surface area contributed by atoms with Crippen molar-refractivity contribution in [2.75, 3.05) is 20.8 Å². The molecule has 5 rings (SSSR count). The van der Waals surface area contributed by atoms with Gasteiger partial charge in [-0.05, 0) is 66.3 Å². The molecule has 0 bridgehead atoms. The standard InChI is InChI=1S/C32H48O6/c1-29(2,3)19-38-28(33)21-11-9-20(10-12-21)24-17-30(4)15-7-8-26(30)23-14-13-22-16-32(36-5,37-6)31(34,35)18-25(22)27(23)24/h9-12,22-24,26,28,33-35H,7-8,13-19H2,1-6H3/t22?,23?,24-,26?,28?,30+/m1/s1. The summed E-state index contributed by atoms with van der Waals surface area (Å²) in [5, 5.41) is 33.1. The molecule has 0 radical (unpaired) electrons. The number of hydrogen-bond donors (Lipinski definition) is 3. The summed E-state index contributed by atoms with van der Waals surface area (Å²) < 4.78 is 17.0. The van der Waals surface area contributed by atoms with E-state index in [4.69, 9.17) is 14.2 Å². The first-order chi connectivity index (χ1) is 17.8. The van der Waals surface area contributed by atoms with Crippen LogP contribution in [0.25, 0.3) is 0 Å². The minimum Gasteiger partial charge on any atom is -0.364 e. The Kier molecular flexibility index (Phi) is 7.41. The number of benzene rings is 1. The molecule has 6 atom stereocenters. The minimum absolute atomic E-state index is 0.0193. The van der Waals surface area contributed by atoms with Crippen molar-refractivity contribution >= 4 is 0 Å². The maximum atomic E-state index is 11.2. The van der Waals surface area contributed by atoms with E-state index in [9.17, 15) is 15.3 Å². The Labute approximate surface area is 228 Å². The summed E-state index contributed by atoms with van der Waals surface area (Å²) in [4.78, 5) is 0. The van der Waals surface area contributed by atoms with E-state index in [-0.39, 0.29) is 23.7 Å². The highest BCUT2D eigenvalue weighted by molar-refractivity contribution is 5.41. The predicted molar refractivity (Wildman–Crippen MR) is 146 cm³/mol. The van der Waals surface area contributed by atoms with E-state index in [1.165, 1.54) is 50.2 Å². The number of aliphatic hydroxyl groups excluding tert-OH is 1. The van der Waals surface area contributed by atoms with Gasteiger partial charge in [0.15, 0.2) is 6.29 Å². The van der Waals surface area contributed by atoms with Crippen molar-refractivity contribution in [1.82, 2.24) is 0 Å². The Balaban J connectivity index is 1.51. The number of allylic oxidation sites excluding steroid dienone is 1. The zero-order valence-corrected chi connectivity index (χ0v) is 24.1. The topological polar surface area (TPSA) is 88.4 Å². The Morgan fingerprint density at radius 1 is 1.00 bits per heavy atom. The highest BCUT2D eigenvalue weighted by atomic mass is 16.7. The highest BCUT2D eigenvalue weighted by Gasteiger charge is 2.60. The fourth-order valence-corrected chi connectivity index (χ4v) is 8.41. The number of methoxy groups -OCH3 is 2. The van der Waals surface area contributed by atoms with Gasteiger partial charge in [0.05, 0.1) is 6.61 Å². The third-order valence-corrected chi connectivity index (χ3v) is 10.3. The van der Waals surface area contributed by atoms with E-state index < -0.39 is 17.9 Å². The maximum Gasteiger partial charge on any atom is 0.223 e. The molecule has 3 saturated carbocycles. The van der Waals surface area contributed by atoms with Crippen molar-refractivity contribution in [3.05, 3.63) is 46.5 Å². The maximum absolute atomic E-state index is 11.2. The first-order valence-electron chi connectivity index (χ1n) is 14.5. The van der Waals surface area contributed by atoms with Crippen LogP contribution in [0.3, 0.4) is 0 Å². The zero-order valence-electron chi connectivity index (χ0n) is 24.1. The molecule has 4 aliphatic rings. The number of rotatable bonds is 6. The lowest BCUT2D eigenvalue weighted by Gasteiger charge is -2.55. The molecule has 0 spiro atoms. The monoisotopic (exact) mass is 528 g/mol. The van der Waals surface area contributed by atoms with Crippen LogP contribution in [0.4, 0.5) is 0 Å². The molecule has 0 aromatic heterocycles. The van der Waals surface area contributed by atoms with Crippen LogP contribution < -0.4 is 0 Å². The van der Waals surface area contributed by atoms with Crippen LogP contribution in [0.5, 0.6) is 0 Å². The molecule has 4 unspecified atom stereocenters. The molecule has 1 aromatic rings. The van der Waals surface area contributed by atoms with Gasteiger partial charge in [0, 0.05) is 38.5 Å². The number of hydrogen-bond acceptors (Lipinski definition) is 6. The van der Waals surface area contributed by atoms with E-state index in [0.29, 0.717) is 30.3 Å². The molecule has 4 aliphatic carbocycles. The van der Waals surface area contributed by atoms with Crippen LogP contribution in [-0.2, 0) is 14.2 Å². The van der Waals surface area contributed by atoms with Crippen molar-refractivity contribution in [2.24, 2.45) is 28.6 Å². The number of fused-ring (bicyclic) bond motifs is 4. The second-order valence-electron chi connectivity index (χ2n) is 14.0. The van der Waals surface area contributed by atoms with Gasteiger partial charge in [0.1, 0.15) is 0 Å². The van der Waals surface area contributed by atoms with E-state index in [0.717, 1.165) is 24.8 Å².